The van der Waals surface area contributed by atoms with Gasteiger partial charge in [0.05, 0.1) is 10.6 Å². The number of carbonyl (C=O) groups excluding carboxylic acids is 1. The number of rotatable bonds is 4. The smallest absolute Gasteiger partial charge is 0.269 e. The van der Waals surface area contributed by atoms with Crippen LogP contribution < -0.4 is 0 Å². The average molecular weight is 363 g/mol. The van der Waals surface area contributed by atoms with Crippen molar-refractivity contribution in [2.45, 2.75) is 6.92 Å². The highest BCUT2D eigenvalue weighted by molar-refractivity contribution is 7.15. The molecule has 0 radical (unpaired) electrons. The first-order valence-electron chi connectivity index (χ1n) is 7.85. The van der Waals surface area contributed by atoms with Gasteiger partial charge in [-0.15, -0.1) is 11.3 Å². The molecule has 0 saturated carbocycles. The molecular formula is C19H13N3O3S. The molecule has 0 saturated heterocycles. The van der Waals surface area contributed by atoms with Gasteiger partial charge in [0.15, 0.2) is 11.2 Å². The Bertz CT molecular complexity index is 1130. The lowest BCUT2D eigenvalue weighted by Crippen LogP contribution is -1.94. The maximum atomic E-state index is 11.8. The molecule has 0 atom stereocenters. The Morgan fingerprint density at radius 2 is 1.73 bits per heavy atom. The van der Waals surface area contributed by atoms with Crippen molar-refractivity contribution in [1.82, 2.24) is 9.38 Å². The second-order valence-electron chi connectivity index (χ2n) is 5.87. The number of hydrogen-bond acceptors (Lipinski definition) is 5. The summed E-state index contributed by atoms with van der Waals surface area (Å²) in [6.07, 6.45) is 0.779. The van der Waals surface area contributed by atoms with Crippen LogP contribution in [0.3, 0.4) is 0 Å². The van der Waals surface area contributed by atoms with Gasteiger partial charge in [0.2, 0.25) is 0 Å². The summed E-state index contributed by atoms with van der Waals surface area (Å²) in [5.74, 6) is 0. The zero-order chi connectivity index (χ0) is 18.3. The van der Waals surface area contributed by atoms with E-state index < -0.39 is 4.92 Å². The van der Waals surface area contributed by atoms with E-state index in [9.17, 15) is 14.9 Å². The maximum Gasteiger partial charge on any atom is 0.269 e. The van der Waals surface area contributed by atoms with Crippen molar-refractivity contribution < 1.29 is 9.72 Å². The number of fused-ring (bicyclic) bond motifs is 1. The van der Waals surface area contributed by atoms with Crippen LogP contribution in [0, 0.1) is 17.0 Å². The number of hydrogen-bond donors (Lipinski definition) is 0. The van der Waals surface area contributed by atoms with E-state index in [0.717, 1.165) is 23.1 Å². The Hall–Kier alpha value is -3.32. The van der Waals surface area contributed by atoms with E-state index in [0.29, 0.717) is 21.9 Å². The first-order chi connectivity index (χ1) is 12.6. The van der Waals surface area contributed by atoms with Crippen LogP contribution in [0.5, 0.6) is 0 Å². The lowest BCUT2D eigenvalue weighted by atomic mass is 10.1. The molecule has 0 aliphatic heterocycles. The van der Waals surface area contributed by atoms with Crippen molar-refractivity contribution >= 4 is 28.3 Å². The van der Waals surface area contributed by atoms with E-state index in [-0.39, 0.29) is 5.69 Å². The van der Waals surface area contributed by atoms with Crippen molar-refractivity contribution in [1.29, 1.82) is 0 Å². The molecule has 4 rings (SSSR count). The topological polar surface area (TPSA) is 77.5 Å². The van der Waals surface area contributed by atoms with Crippen LogP contribution in [-0.2, 0) is 0 Å². The highest BCUT2D eigenvalue weighted by Crippen LogP contribution is 2.32. The predicted molar refractivity (Wildman–Crippen MR) is 101 cm³/mol. The summed E-state index contributed by atoms with van der Waals surface area (Å²) in [6.45, 7) is 2.02. The molecule has 6 nitrogen and oxygen atoms in total. The number of aryl methyl sites for hydroxylation is 1. The Labute approximate surface area is 152 Å². The number of nitrogens with zero attached hydrogens (tertiary/aromatic N) is 3. The molecule has 26 heavy (non-hydrogen) atoms. The Morgan fingerprint density at radius 3 is 2.35 bits per heavy atom. The highest BCUT2D eigenvalue weighted by Gasteiger charge is 2.19. The zero-order valence-electron chi connectivity index (χ0n) is 13.7. The number of aldehydes is 1. The van der Waals surface area contributed by atoms with Gasteiger partial charge in [0.1, 0.15) is 11.4 Å². The number of nitro benzene ring substituents is 1. The second kappa shape index (κ2) is 6.20. The maximum absolute atomic E-state index is 11.8. The number of thiazole rings is 1. The third kappa shape index (κ3) is 2.58. The highest BCUT2D eigenvalue weighted by atomic mass is 32.1. The van der Waals surface area contributed by atoms with E-state index in [1.807, 2.05) is 41.0 Å². The molecule has 2 heterocycles. The fourth-order valence-corrected chi connectivity index (χ4v) is 3.77. The van der Waals surface area contributed by atoms with Gasteiger partial charge in [-0.05, 0) is 24.6 Å². The van der Waals surface area contributed by atoms with Gasteiger partial charge in [0.25, 0.3) is 5.69 Å². The molecule has 0 unspecified atom stereocenters. The summed E-state index contributed by atoms with van der Waals surface area (Å²) < 4.78 is 1.83. The van der Waals surface area contributed by atoms with Gasteiger partial charge >= 0.3 is 0 Å². The van der Waals surface area contributed by atoms with Crippen LogP contribution in [0.4, 0.5) is 5.69 Å². The summed E-state index contributed by atoms with van der Waals surface area (Å²) in [4.78, 5) is 27.5. The van der Waals surface area contributed by atoms with Crippen LogP contribution in [0.15, 0.2) is 53.9 Å². The molecular weight excluding hydrogens is 350 g/mol. The summed E-state index contributed by atoms with van der Waals surface area (Å²) in [5.41, 5.74) is 4.69. The van der Waals surface area contributed by atoms with Gasteiger partial charge in [-0.25, -0.2) is 4.98 Å². The lowest BCUT2D eigenvalue weighted by Gasteiger charge is -2.03. The number of carbonyl (C=O) groups is 1. The van der Waals surface area contributed by atoms with E-state index in [2.05, 4.69) is 4.98 Å². The van der Waals surface area contributed by atoms with E-state index in [1.54, 1.807) is 12.1 Å². The minimum Gasteiger partial charge on any atom is -0.296 e. The van der Waals surface area contributed by atoms with Crippen molar-refractivity contribution in [2.24, 2.45) is 0 Å². The van der Waals surface area contributed by atoms with Gasteiger partial charge in [-0.1, -0.05) is 29.8 Å². The first-order valence-corrected chi connectivity index (χ1v) is 8.73. The van der Waals surface area contributed by atoms with Crippen LogP contribution in [0.1, 0.15) is 16.1 Å². The summed E-state index contributed by atoms with van der Waals surface area (Å²) in [6, 6.07) is 14.1. The average Bonchev–Trinajstić information content (AvgIpc) is 3.21. The number of benzene rings is 2. The molecule has 0 N–H and O–H groups in total. The van der Waals surface area contributed by atoms with E-state index in [1.165, 1.54) is 23.5 Å². The van der Waals surface area contributed by atoms with Crippen molar-refractivity contribution in [3.05, 3.63) is 75.3 Å². The molecule has 0 fully saturated rings. The SMILES string of the molecule is Cc1ccc(-c2csc3nc(-c4ccc([N+](=O)[O-])cc4)c(C=O)n23)cc1. The van der Waals surface area contributed by atoms with Crippen LogP contribution >= 0.6 is 11.3 Å². The van der Waals surface area contributed by atoms with Gasteiger partial charge in [0, 0.05) is 23.1 Å². The molecule has 0 aliphatic carbocycles. The second-order valence-corrected chi connectivity index (χ2v) is 6.71. The number of non-ortho nitro benzene ring substituents is 1. The first kappa shape index (κ1) is 16.2. The molecule has 2 aromatic carbocycles. The molecule has 0 bridgehead atoms. The Balaban J connectivity index is 1.88. The van der Waals surface area contributed by atoms with Gasteiger partial charge in [-0.3, -0.25) is 19.3 Å². The van der Waals surface area contributed by atoms with Gasteiger partial charge < -0.3 is 0 Å². The zero-order valence-corrected chi connectivity index (χ0v) is 14.6. The lowest BCUT2D eigenvalue weighted by molar-refractivity contribution is -0.384. The minimum atomic E-state index is -0.453. The van der Waals surface area contributed by atoms with E-state index >= 15 is 0 Å². The number of aromatic nitrogens is 2. The van der Waals surface area contributed by atoms with Crippen LogP contribution in [0.2, 0.25) is 0 Å². The molecule has 0 aliphatic rings. The van der Waals surface area contributed by atoms with Crippen molar-refractivity contribution in [3.8, 4) is 22.5 Å². The van der Waals surface area contributed by atoms with Crippen LogP contribution in [0.25, 0.3) is 27.5 Å². The summed E-state index contributed by atoms with van der Waals surface area (Å²) >= 11 is 1.45. The fraction of sp³-hybridized carbons (Fsp3) is 0.0526. The van der Waals surface area contributed by atoms with Crippen LogP contribution in [-0.4, -0.2) is 20.6 Å². The largest absolute Gasteiger partial charge is 0.296 e. The molecule has 7 heteroatoms. The number of imidazole rings is 1. The van der Waals surface area contributed by atoms with Gasteiger partial charge in [-0.2, -0.15) is 0 Å². The standard InChI is InChI=1S/C19H13N3O3S/c1-12-2-4-13(5-3-12)17-11-26-19-20-18(16(10-23)21(17)19)14-6-8-15(9-7-14)22(24)25/h2-11H,1H3. The molecule has 4 aromatic rings. The van der Waals surface area contributed by atoms with Crippen molar-refractivity contribution in [3.63, 3.8) is 0 Å². The predicted octanol–water partition coefficient (Wildman–Crippen LogP) is 4.76. The normalized spacial score (nSPS) is 11.0. The third-order valence-corrected chi connectivity index (χ3v) is 5.04. The monoisotopic (exact) mass is 363 g/mol. The molecule has 0 spiro atoms. The minimum absolute atomic E-state index is 0.00256. The molecule has 2 aromatic heterocycles. The fourth-order valence-electron chi connectivity index (χ4n) is 2.87. The summed E-state index contributed by atoms with van der Waals surface area (Å²) in [7, 11) is 0. The van der Waals surface area contributed by atoms with E-state index in [4.69, 9.17) is 0 Å². The Kier molecular flexibility index (Phi) is 3.85. The molecule has 128 valence electrons. The molecule has 0 amide bonds. The number of nitro groups is 1. The Morgan fingerprint density at radius 1 is 1.08 bits per heavy atom. The third-order valence-electron chi connectivity index (χ3n) is 4.21. The van der Waals surface area contributed by atoms with Crippen molar-refractivity contribution in [2.75, 3.05) is 0 Å². The summed E-state index contributed by atoms with van der Waals surface area (Å²) in [5, 5.41) is 12.8. The quantitative estimate of drug-likeness (QED) is 0.297.